The highest BCUT2D eigenvalue weighted by Gasteiger charge is 2.33. The van der Waals surface area contributed by atoms with Gasteiger partial charge < -0.3 is 19.5 Å². The lowest BCUT2D eigenvalue weighted by atomic mass is 10.1. The molecule has 1 amide bonds. The van der Waals surface area contributed by atoms with Gasteiger partial charge in [-0.3, -0.25) is 4.79 Å². The number of carboxylic acid groups (broad SMARTS) is 1. The monoisotopic (exact) mass is 412 g/mol. The van der Waals surface area contributed by atoms with Crippen LogP contribution in [0.2, 0.25) is 0 Å². The van der Waals surface area contributed by atoms with Crippen molar-refractivity contribution in [3.8, 4) is 5.75 Å². The molecule has 0 aromatic heterocycles. The highest BCUT2D eigenvalue weighted by atomic mass is 16.5. The molecule has 0 spiro atoms. The summed E-state index contributed by atoms with van der Waals surface area (Å²) in [6.07, 6.45) is 1.52. The first-order valence-electron chi connectivity index (χ1n) is 9.61. The number of anilines is 1. The Morgan fingerprint density at radius 2 is 1.68 bits per heavy atom. The molecule has 7 heteroatoms. The van der Waals surface area contributed by atoms with Crippen molar-refractivity contribution >= 4 is 29.5 Å². The summed E-state index contributed by atoms with van der Waals surface area (Å²) in [7, 11) is 0. The van der Waals surface area contributed by atoms with Crippen LogP contribution in [0.4, 0.5) is 5.69 Å². The van der Waals surface area contributed by atoms with E-state index in [1.54, 1.807) is 29.2 Å². The molecule has 0 saturated carbocycles. The van der Waals surface area contributed by atoms with Gasteiger partial charge in [-0.05, 0) is 41.5 Å². The zero-order valence-corrected chi connectivity index (χ0v) is 16.5. The van der Waals surface area contributed by atoms with Crippen LogP contribution in [0.15, 0.2) is 89.1 Å². The molecule has 7 nitrogen and oxygen atoms in total. The van der Waals surface area contributed by atoms with Crippen LogP contribution >= 0.6 is 0 Å². The maximum absolute atomic E-state index is 13.0. The highest BCUT2D eigenvalue weighted by Crippen LogP contribution is 2.30. The lowest BCUT2D eigenvalue weighted by Gasteiger charge is -2.16. The Balaban J connectivity index is 1.52. The van der Waals surface area contributed by atoms with Gasteiger partial charge in [0.05, 0.1) is 24.4 Å². The quantitative estimate of drug-likeness (QED) is 0.439. The predicted molar refractivity (Wildman–Crippen MR) is 115 cm³/mol. The van der Waals surface area contributed by atoms with E-state index < -0.39 is 12.6 Å². The fraction of sp³-hybridized carbons (Fsp3) is 0.0833. The van der Waals surface area contributed by atoms with E-state index in [1.165, 1.54) is 6.21 Å². The number of para-hydroxylation sites is 1. The zero-order valence-electron chi connectivity index (χ0n) is 16.5. The summed E-state index contributed by atoms with van der Waals surface area (Å²) in [4.78, 5) is 25.2. The number of nitrogens with zero attached hydrogens (tertiary/aromatic N) is 3. The van der Waals surface area contributed by atoms with Crippen molar-refractivity contribution in [2.45, 2.75) is 6.54 Å². The smallest absolute Gasteiger partial charge is 0.279 e. The minimum Gasteiger partial charge on any atom is -0.546 e. The largest absolute Gasteiger partial charge is 0.546 e. The van der Waals surface area contributed by atoms with Crippen LogP contribution < -0.4 is 14.7 Å². The maximum Gasteiger partial charge on any atom is 0.279 e. The number of ether oxygens (including phenoxy) is 1. The normalized spacial score (nSPS) is 14.3. The van der Waals surface area contributed by atoms with E-state index in [-0.39, 0.29) is 11.6 Å². The fourth-order valence-corrected chi connectivity index (χ4v) is 3.23. The molecule has 1 aliphatic rings. The number of benzene rings is 3. The standard InChI is InChI=1S/C24H19N3O4/c28-22(29)16-31-19-12-10-17(11-13-19)14-25-26-23-20-8-4-5-9-21(20)27(24(23)30)15-18-6-2-1-3-7-18/h1-14H,15-16H2,(H,28,29)/p-1/b25-14-,26-23-. The van der Waals surface area contributed by atoms with Gasteiger partial charge in [0.1, 0.15) is 12.4 Å². The van der Waals surface area contributed by atoms with Crippen molar-refractivity contribution in [1.82, 2.24) is 0 Å². The van der Waals surface area contributed by atoms with Crippen molar-refractivity contribution < 1.29 is 19.4 Å². The first-order valence-corrected chi connectivity index (χ1v) is 9.61. The van der Waals surface area contributed by atoms with Crippen molar-refractivity contribution in [1.29, 1.82) is 0 Å². The first-order chi connectivity index (χ1) is 15.1. The molecule has 1 heterocycles. The Morgan fingerprint density at radius 1 is 0.968 bits per heavy atom. The predicted octanol–water partition coefficient (Wildman–Crippen LogP) is 2.19. The number of carbonyl (C=O) groups excluding carboxylic acids is 2. The van der Waals surface area contributed by atoms with Gasteiger partial charge in [0.25, 0.3) is 5.91 Å². The summed E-state index contributed by atoms with van der Waals surface area (Å²) in [5, 5.41) is 18.7. The molecule has 0 saturated heterocycles. The van der Waals surface area contributed by atoms with E-state index in [4.69, 9.17) is 4.74 Å². The van der Waals surface area contributed by atoms with Crippen LogP contribution in [0.25, 0.3) is 0 Å². The summed E-state index contributed by atoms with van der Waals surface area (Å²) in [5.74, 6) is -1.08. The summed E-state index contributed by atoms with van der Waals surface area (Å²) >= 11 is 0. The molecule has 3 aromatic carbocycles. The number of aliphatic carboxylic acids is 1. The van der Waals surface area contributed by atoms with Gasteiger partial charge in [0.15, 0.2) is 5.71 Å². The summed E-state index contributed by atoms with van der Waals surface area (Å²) < 4.78 is 5.04. The minimum atomic E-state index is -1.29. The number of hydrogen-bond acceptors (Lipinski definition) is 6. The second-order valence-electron chi connectivity index (χ2n) is 6.82. The molecule has 4 rings (SSSR count). The third-order valence-electron chi connectivity index (χ3n) is 4.68. The van der Waals surface area contributed by atoms with Crippen LogP contribution in [0.3, 0.4) is 0 Å². The average molecular weight is 412 g/mol. The summed E-state index contributed by atoms with van der Waals surface area (Å²) in [6.45, 7) is -0.0607. The molecule has 0 fully saturated rings. The SMILES string of the molecule is O=C([O-])COc1ccc(/C=N\N=C2/C(=O)N(Cc3ccccc3)c3ccccc32)cc1. The van der Waals surface area contributed by atoms with Crippen LogP contribution in [-0.2, 0) is 16.1 Å². The van der Waals surface area contributed by atoms with Gasteiger partial charge in [-0.2, -0.15) is 5.10 Å². The number of hydrogen-bond donors (Lipinski definition) is 0. The van der Waals surface area contributed by atoms with Crippen LogP contribution in [0.1, 0.15) is 16.7 Å². The molecule has 0 N–H and O–H groups in total. The molecule has 0 unspecified atom stereocenters. The van der Waals surface area contributed by atoms with Gasteiger partial charge in [0.2, 0.25) is 0 Å². The van der Waals surface area contributed by atoms with E-state index >= 15 is 0 Å². The Morgan fingerprint density at radius 3 is 2.42 bits per heavy atom. The topological polar surface area (TPSA) is 94.4 Å². The number of fused-ring (bicyclic) bond motifs is 1. The summed E-state index contributed by atoms with van der Waals surface area (Å²) in [5.41, 5.74) is 3.59. The number of carboxylic acids is 1. The Hall–Kier alpha value is -4.26. The molecular weight excluding hydrogens is 394 g/mol. The average Bonchev–Trinajstić information content (AvgIpc) is 3.05. The van der Waals surface area contributed by atoms with Gasteiger partial charge in [-0.15, -0.1) is 5.10 Å². The highest BCUT2D eigenvalue weighted by molar-refractivity contribution is 6.54. The van der Waals surface area contributed by atoms with Crippen molar-refractivity contribution in [3.63, 3.8) is 0 Å². The molecule has 0 atom stereocenters. The van der Waals surface area contributed by atoms with Crippen LogP contribution in [0.5, 0.6) is 5.75 Å². The van der Waals surface area contributed by atoms with Crippen LogP contribution in [-0.4, -0.2) is 30.4 Å². The Bertz CT molecular complexity index is 1150. The number of rotatable bonds is 7. The van der Waals surface area contributed by atoms with E-state index in [9.17, 15) is 14.7 Å². The second-order valence-corrected chi connectivity index (χ2v) is 6.82. The molecule has 3 aromatic rings. The Kier molecular flexibility index (Phi) is 5.84. The third-order valence-corrected chi connectivity index (χ3v) is 4.68. The van der Waals surface area contributed by atoms with Gasteiger partial charge in [-0.25, -0.2) is 0 Å². The molecule has 0 radical (unpaired) electrons. The molecule has 154 valence electrons. The molecule has 0 aliphatic carbocycles. The van der Waals surface area contributed by atoms with Crippen molar-refractivity contribution in [2.75, 3.05) is 11.5 Å². The van der Waals surface area contributed by atoms with E-state index in [0.717, 1.165) is 22.4 Å². The third kappa shape index (κ3) is 4.67. The second kappa shape index (κ2) is 9.04. The number of amides is 1. The first kappa shape index (κ1) is 20.0. The van der Waals surface area contributed by atoms with Crippen molar-refractivity contribution in [2.24, 2.45) is 10.2 Å². The van der Waals surface area contributed by atoms with E-state index in [0.29, 0.717) is 12.3 Å². The van der Waals surface area contributed by atoms with E-state index in [1.807, 2.05) is 54.6 Å². The zero-order chi connectivity index (χ0) is 21.6. The lowest BCUT2D eigenvalue weighted by Crippen LogP contribution is -2.29. The summed E-state index contributed by atoms with van der Waals surface area (Å²) in [6, 6.07) is 23.9. The molecular formula is C24H18N3O4-. The maximum atomic E-state index is 13.0. The molecule has 31 heavy (non-hydrogen) atoms. The van der Waals surface area contributed by atoms with Crippen molar-refractivity contribution in [3.05, 3.63) is 95.6 Å². The number of carbonyl (C=O) groups is 2. The molecule has 1 aliphatic heterocycles. The molecule has 0 bridgehead atoms. The van der Waals surface area contributed by atoms with Gasteiger partial charge >= 0.3 is 0 Å². The lowest BCUT2D eigenvalue weighted by molar-refractivity contribution is -0.307. The van der Waals surface area contributed by atoms with Crippen LogP contribution in [0, 0.1) is 0 Å². The minimum absolute atomic E-state index is 0.201. The van der Waals surface area contributed by atoms with E-state index in [2.05, 4.69) is 10.2 Å². The van der Waals surface area contributed by atoms with Gasteiger partial charge in [-0.1, -0.05) is 48.5 Å². The fourth-order valence-electron chi connectivity index (χ4n) is 3.23. The Labute approximate surface area is 178 Å². The van der Waals surface area contributed by atoms with Gasteiger partial charge in [0, 0.05) is 5.56 Å².